The van der Waals surface area contributed by atoms with Crippen LogP contribution in [-0.2, 0) is 10.5 Å². The first-order valence-electron chi connectivity index (χ1n) is 5.14. The summed E-state index contributed by atoms with van der Waals surface area (Å²) in [7, 11) is 0. The predicted octanol–water partition coefficient (Wildman–Crippen LogP) is 2.69. The maximum absolute atomic E-state index is 13.1. The van der Waals surface area contributed by atoms with Crippen LogP contribution in [0, 0.1) is 21.8 Å². The van der Waals surface area contributed by atoms with Crippen molar-refractivity contribution in [2.24, 2.45) is 5.92 Å². The van der Waals surface area contributed by atoms with Crippen molar-refractivity contribution in [1.29, 1.82) is 0 Å². The van der Waals surface area contributed by atoms with Crippen LogP contribution in [0.15, 0.2) is 18.2 Å². The Morgan fingerprint density at radius 3 is 2.78 bits per heavy atom. The van der Waals surface area contributed by atoms with Crippen molar-refractivity contribution in [3.63, 3.8) is 0 Å². The third-order valence-electron chi connectivity index (χ3n) is 2.21. The van der Waals surface area contributed by atoms with Crippen LogP contribution in [-0.4, -0.2) is 21.8 Å². The minimum Gasteiger partial charge on any atom is -0.481 e. The van der Waals surface area contributed by atoms with E-state index in [-0.39, 0.29) is 5.69 Å². The number of carboxylic acids is 1. The van der Waals surface area contributed by atoms with Crippen LogP contribution < -0.4 is 0 Å². The largest absolute Gasteiger partial charge is 0.481 e. The number of non-ortho nitro benzene ring substituents is 1. The van der Waals surface area contributed by atoms with Gasteiger partial charge in [0.2, 0.25) is 0 Å². The Morgan fingerprint density at radius 2 is 2.22 bits per heavy atom. The molecule has 1 atom stereocenters. The highest BCUT2D eigenvalue weighted by molar-refractivity contribution is 7.98. The number of benzene rings is 1. The maximum Gasteiger partial charge on any atom is 0.307 e. The summed E-state index contributed by atoms with van der Waals surface area (Å²) in [6, 6.07) is 3.36. The van der Waals surface area contributed by atoms with Crippen LogP contribution in [0.5, 0.6) is 0 Å². The highest BCUT2D eigenvalue weighted by Crippen LogP contribution is 2.21. The zero-order chi connectivity index (χ0) is 13.7. The van der Waals surface area contributed by atoms with Gasteiger partial charge in [0, 0.05) is 17.6 Å². The molecule has 0 spiro atoms. The fraction of sp³-hybridized carbons (Fsp3) is 0.364. The molecular weight excluding hydrogens is 261 g/mol. The molecule has 1 unspecified atom stereocenters. The minimum absolute atomic E-state index is 0.295. The van der Waals surface area contributed by atoms with Gasteiger partial charge in [-0.25, -0.2) is 4.39 Å². The van der Waals surface area contributed by atoms with Crippen LogP contribution in [0.3, 0.4) is 0 Å². The molecule has 1 aromatic rings. The van der Waals surface area contributed by atoms with Crippen molar-refractivity contribution in [1.82, 2.24) is 0 Å². The number of nitro groups is 1. The number of rotatable bonds is 6. The molecular formula is C11H12FNO4S. The van der Waals surface area contributed by atoms with Gasteiger partial charge in [0.25, 0.3) is 5.69 Å². The van der Waals surface area contributed by atoms with E-state index < -0.39 is 22.6 Å². The average molecular weight is 273 g/mol. The summed E-state index contributed by atoms with van der Waals surface area (Å²) in [5, 5.41) is 19.2. The number of aliphatic carboxylic acids is 1. The SMILES string of the molecule is CC(CSCc1cc(F)cc([N+](=O)[O-])c1)C(=O)O. The number of carboxylic acid groups (broad SMARTS) is 1. The lowest BCUT2D eigenvalue weighted by Crippen LogP contribution is -2.11. The van der Waals surface area contributed by atoms with Crippen LogP contribution >= 0.6 is 11.8 Å². The molecule has 18 heavy (non-hydrogen) atoms. The standard InChI is InChI=1S/C11H12FNO4S/c1-7(11(14)15)5-18-6-8-2-9(12)4-10(3-8)13(16)17/h2-4,7H,5-6H2,1H3,(H,14,15). The maximum atomic E-state index is 13.1. The van der Waals surface area contributed by atoms with E-state index in [1.807, 2.05) is 0 Å². The van der Waals surface area contributed by atoms with E-state index in [0.29, 0.717) is 17.1 Å². The Kier molecular flexibility index (Phi) is 5.08. The molecule has 98 valence electrons. The highest BCUT2D eigenvalue weighted by atomic mass is 32.2. The minimum atomic E-state index is -0.896. The summed E-state index contributed by atoms with van der Waals surface area (Å²) >= 11 is 1.30. The van der Waals surface area contributed by atoms with Crippen LogP contribution in [0.1, 0.15) is 12.5 Å². The summed E-state index contributed by atoms with van der Waals surface area (Å²) in [5.74, 6) is -1.34. The van der Waals surface area contributed by atoms with Crippen LogP contribution in [0.25, 0.3) is 0 Å². The number of nitro benzene ring substituents is 1. The molecule has 0 radical (unpaired) electrons. The Bertz CT molecular complexity index is 466. The van der Waals surface area contributed by atoms with Crippen molar-refractivity contribution in [3.05, 3.63) is 39.7 Å². The number of nitrogens with zero attached hydrogens (tertiary/aromatic N) is 1. The fourth-order valence-corrected chi connectivity index (χ4v) is 2.26. The van der Waals surface area contributed by atoms with Crippen molar-refractivity contribution in [2.45, 2.75) is 12.7 Å². The van der Waals surface area contributed by atoms with Gasteiger partial charge in [-0.2, -0.15) is 11.8 Å². The number of thioether (sulfide) groups is 1. The quantitative estimate of drug-likeness (QED) is 0.636. The first kappa shape index (κ1) is 14.4. The molecule has 1 N–H and O–H groups in total. The summed E-state index contributed by atoms with van der Waals surface area (Å²) < 4.78 is 13.1. The Hall–Kier alpha value is -1.63. The van der Waals surface area contributed by atoms with Gasteiger partial charge in [0.15, 0.2) is 0 Å². The molecule has 0 aliphatic carbocycles. The summed E-state index contributed by atoms with van der Waals surface area (Å²) in [5.41, 5.74) is 0.182. The second kappa shape index (κ2) is 6.34. The zero-order valence-corrected chi connectivity index (χ0v) is 10.4. The number of hydrogen-bond donors (Lipinski definition) is 1. The lowest BCUT2D eigenvalue weighted by Gasteiger charge is -2.06. The lowest BCUT2D eigenvalue weighted by molar-refractivity contribution is -0.385. The Labute approximate surface area is 107 Å². The highest BCUT2D eigenvalue weighted by Gasteiger charge is 2.12. The molecule has 0 bridgehead atoms. The molecule has 0 fully saturated rings. The molecule has 0 heterocycles. The smallest absolute Gasteiger partial charge is 0.307 e. The monoisotopic (exact) mass is 273 g/mol. The summed E-state index contributed by atoms with van der Waals surface area (Å²) in [4.78, 5) is 20.5. The van der Waals surface area contributed by atoms with E-state index in [4.69, 9.17) is 5.11 Å². The fourth-order valence-electron chi connectivity index (χ4n) is 1.25. The third-order valence-corrected chi connectivity index (χ3v) is 3.48. The number of hydrogen-bond acceptors (Lipinski definition) is 4. The molecule has 0 aliphatic rings. The number of halogens is 1. The summed E-state index contributed by atoms with van der Waals surface area (Å²) in [6.07, 6.45) is 0. The van der Waals surface area contributed by atoms with E-state index >= 15 is 0 Å². The van der Waals surface area contributed by atoms with Gasteiger partial charge in [-0.15, -0.1) is 0 Å². The van der Waals surface area contributed by atoms with Gasteiger partial charge in [-0.3, -0.25) is 14.9 Å². The molecule has 1 rings (SSSR count). The molecule has 0 saturated carbocycles. The predicted molar refractivity (Wildman–Crippen MR) is 66.0 cm³/mol. The van der Waals surface area contributed by atoms with Gasteiger partial charge in [0.05, 0.1) is 16.9 Å². The van der Waals surface area contributed by atoms with E-state index in [0.717, 1.165) is 6.07 Å². The van der Waals surface area contributed by atoms with E-state index in [1.165, 1.54) is 23.9 Å². The molecule has 1 aromatic carbocycles. The van der Waals surface area contributed by atoms with Crippen LogP contribution in [0.2, 0.25) is 0 Å². The normalized spacial score (nSPS) is 12.1. The van der Waals surface area contributed by atoms with Crippen molar-refractivity contribution >= 4 is 23.4 Å². The lowest BCUT2D eigenvalue weighted by atomic mass is 10.2. The Balaban J connectivity index is 2.62. The van der Waals surface area contributed by atoms with Gasteiger partial charge in [0.1, 0.15) is 5.82 Å². The van der Waals surface area contributed by atoms with Gasteiger partial charge >= 0.3 is 5.97 Å². The van der Waals surface area contributed by atoms with Crippen molar-refractivity contribution in [3.8, 4) is 0 Å². The summed E-state index contributed by atoms with van der Waals surface area (Å²) in [6.45, 7) is 1.57. The average Bonchev–Trinajstić information content (AvgIpc) is 2.27. The van der Waals surface area contributed by atoms with Gasteiger partial charge in [-0.1, -0.05) is 6.92 Å². The van der Waals surface area contributed by atoms with Crippen molar-refractivity contribution in [2.75, 3.05) is 5.75 Å². The third kappa shape index (κ3) is 4.33. The second-order valence-corrected chi connectivity index (χ2v) is 4.86. The van der Waals surface area contributed by atoms with E-state index in [1.54, 1.807) is 6.92 Å². The van der Waals surface area contributed by atoms with Crippen molar-refractivity contribution < 1.29 is 19.2 Å². The molecule has 0 aromatic heterocycles. The molecule has 0 aliphatic heterocycles. The Morgan fingerprint density at radius 1 is 1.56 bits per heavy atom. The molecule has 7 heteroatoms. The van der Waals surface area contributed by atoms with Crippen LogP contribution in [0.4, 0.5) is 10.1 Å². The molecule has 0 amide bonds. The zero-order valence-electron chi connectivity index (χ0n) is 9.63. The molecule has 5 nitrogen and oxygen atoms in total. The topological polar surface area (TPSA) is 80.4 Å². The first-order chi connectivity index (χ1) is 8.40. The number of carbonyl (C=O) groups is 1. The van der Waals surface area contributed by atoms with Gasteiger partial charge in [-0.05, 0) is 11.6 Å². The van der Waals surface area contributed by atoms with E-state index in [9.17, 15) is 19.3 Å². The first-order valence-corrected chi connectivity index (χ1v) is 6.30. The van der Waals surface area contributed by atoms with Gasteiger partial charge < -0.3 is 5.11 Å². The van der Waals surface area contributed by atoms with E-state index in [2.05, 4.69) is 0 Å². The molecule has 0 saturated heterocycles. The second-order valence-electron chi connectivity index (χ2n) is 3.83.